The molecule has 3 heteroatoms. The van der Waals surface area contributed by atoms with Crippen molar-refractivity contribution in [2.24, 2.45) is 0 Å². The van der Waals surface area contributed by atoms with Gasteiger partial charge in [0.1, 0.15) is 5.82 Å². The summed E-state index contributed by atoms with van der Waals surface area (Å²) in [4.78, 5) is 12.8. The van der Waals surface area contributed by atoms with E-state index in [1.54, 1.807) is 6.20 Å². The SMILES string of the molecule is CC(C)c1ncc2cccnc2n1. The average Bonchev–Trinajstić information content (AvgIpc) is 2.17. The van der Waals surface area contributed by atoms with Crippen molar-refractivity contribution in [2.45, 2.75) is 19.8 Å². The summed E-state index contributed by atoms with van der Waals surface area (Å²) in [7, 11) is 0. The van der Waals surface area contributed by atoms with Gasteiger partial charge in [-0.1, -0.05) is 13.8 Å². The Bertz CT molecular complexity index is 423. The molecular formula is C10H11N3. The third-order valence-electron chi connectivity index (χ3n) is 1.89. The van der Waals surface area contributed by atoms with Gasteiger partial charge in [0.15, 0.2) is 5.65 Å². The van der Waals surface area contributed by atoms with Crippen molar-refractivity contribution in [1.29, 1.82) is 0 Å². The smallest absolute Gasteiger partial charge is 0.162 e. The topological polar surface area (TPSA) is 38.7 Å². The Kier molecular flexibility index (Phi) is 1.93. The van der Waals surface area contributed by atoms with Gasteiger partial charge < -0.3 is 0 Å². The number of aromatic nitrogens is 3. The molecular weight excluding hydrogens is 162 g/mol. The van der Waals surface area contributed by atoms with Gasteiger partial charge in [0.25, 0.3) is 0 Å². The minimum absolute atomic E-state index is 0.353. The lowest BCUT2D eigenvalue weighted by molar-refractivity contribution is 0.780. The van der Waals surface area contributed by atoms with Crippen LogP contribution in [-0.4, -0.2) is 15.0 Å². The van der Waals surface area contributed by atoms with Gasteiger partial charge in [-0.25, -0.2) is 15.0 Å². The molecule has 13 heavy (non-hydrogen) atoms. The van der Waals surface area contributed by atoms with Crippen LogP contribution in [0.4, 0.5) is 0 Å². The van der Waals surface area contributed by atoms with E-state index in [1.807, 2.05) is 18.3 Å². The van der Waals surface area contributed by atoms with Gasteiger partial charge in [-0.15, -0.1) is 0 Å². The van der Waals surface area contributed by atoms with Crippen LogP contribution in [0.2, 0.25) is 0 Å². The average molecular weight is 173 g/mol. The first-order valence-corrected chi connectivity index (χ1v) is 4.35. The van der Waals surface area contributed by atoms with Gasteiger partial charge in [0.2, 0.25) is 0 Å². The second-order valence-electron chi connectivity index (χ2n) is 3.30. The number of hydrogen-bond acceptors (Lipinski definition) is 3. The second-order valence-corrected chi connectivity index (χ2v) is 3.30. The minimum Gasteiger partial charge on any atom is -0.240 e. The summed E-state index contributed by atoms with van der Waals surface area (Å²) in [6.45, 7) is 4.15. The molecule has 0 radical (unpaired) electrons. The van der Waals surface area contributed by atoms with Gasteiger partial charge >= 0.3 is 0 Å². The molecule has 0 spiro atoms. The fourth-order valence-corrected chi connectivity index (χ4v) is 1.15. The molecule has 2 aromatic heterocycles. The van der Waals surface area contributed by atoms with Crippen molar-refractivity contribution in [1.82, 2.24) is 15.0 Å². The number of rotatable bonds is 1. The van der Waals surface area contributed by atoms with Gasteiger partial charge in [-0.05, 0) is 12.1 Å². The second kappa shape index (κ2) is 3.09. The summed E-state index contributed by atoms with van der Waals surface area (Å²) < 4.78 is 0. The summed E-state index contributed by atoms with van der Waals surface area (Å²) in [5.41, 5.74) is 0.779. The van der Waals surface area contributed by atoms with Crippen molar-refractivity contribution in [2.75, 3.05) is 0 Å². The molecule has 0 amide bonds. The zero-order valence-electron chi connectivity index (χ0n) is 7.73. The van der Waals surface area contributed by atoms with Gasteiger partial charge in [0, 0.05) is 23.7 Å². The molecule has 2 aromatic rings. The Labute approximate surface area is 76.9 Å². The number of nitrogens with zero attached hydrogens (tertiary/aromatic N) is 3. The van der Waals surface area contributed by atoms with Crippen LogP contribution in [0.1, 0.15) is 25.6 Å². The number of fused-ring (bicyclic) bond motifs is 1. The summed E-state index contributed by atoms with van der Waals surface area (Å²) in [5, 5.41) is 0.993. The lowest BCUT2D eigenvalue weighted by Crippen LogP contribution is -1.97. The van der Waals surface area contributed by atoms with E-state index < -0.39 is 0 Å². The van der Waals surface area contributed by atoms with Crippen LogP contribution in [0.15, 0.2) is 24.5 Å². The highest BCUT2D eigenvalue weighted by Gasteiger charge is 2.03. The van der Waals surface area contributed by atoms with Crippen LogP contribution < -0.4 is 0 Å². The predicted octanol–water partition coefficient (Wildman–Crippen LogP) is 2.15. The highest BCUT2D eigenvalue weighted by Crippen LogP contribution is 2.12. The first kappa shape index (κ1) is 8.10. The number of pyridine rings is 1. The lowest BCUT2D eigenvalue weighted by atomic mass is 10.2. The Morgan fingerprint density at radius 3 is 2.85 bits per heavy atom. The molecule has 2 heterocycles. The zero-order chi connectivity index (χ0) is 9.26. The highest BCUT2D eigenvalue weighted by atomic mass is 14.9. The van der Waals surface area contributed by atoms with Crippen molar-refractivity contribution in [3.05, 3.63) is 30.4 Å². The molecule has 0 saturated heterocycles. The molecule has 0 aromatic carbocycles. The fourth-order valence-electron chi connectivity index (χ4n) is 1.15. The van der Waals surface area contributed by atoms with Crippen LogP contribution in [0.5, 0.6) is 0 Å². The summed E-state index contributed by atoms with van der Waals surface area (Å²) >= 11 is 0. The van der Waals surface area contributed by atoms with E-state index >= 15 is 0 Å². The maximum atomic E-state index is 4.35. The fraction of sp³-hybridized carbons (Fsp3) is 0.300. The van der Waals surface area contributed by atoms with Gasteiger partial charge in [-0.3, -0.25) is 0 Å². The monoisotopic (exact) mass is 173 g/mol. The molecule has 0 fully saturated rings. The Hall–Kier alpha value is -1.51. The first-order chi connectivity index (χ1) is 6.27. The van der Waals surface area contributed by atoms with E-state index in [0.29, 0.717) is 5.92 Å². The van der Waals surface area contributed by atoms with Crippen LogP contribution in [0, 0.1) is 0 Å². The molecule has 66 valence electrons. The van der Waals surface area contributed by atoms with Crippen LogP contribution in [0.3, 0.4) is 0 Å². The minimum atomic E-state index is 0.353. The first-order valence-electron chi connectivity index (χ1n) is 4.35. The van der Waals surface area contributed by atoms with Gasteiger partial charge in [-0.2, -0.15) is 0 Å². The van der Waals surface area contributed by atoms with Gasteiger partial charge in [0.05, 0.1) is 0 Å². The Morgan fingerprint density at radius 2 is 2.08 bits per heavy atom. The maximum Gasteiger partial charge on any atom is 0.162 e. The van der Waals surface area contributed by atoms with E-state index in [9.17, 15) is 0 Å². The standard InChI is InChI=1S/C10H11N3/c1-7(2)9-12-6-8-4-3-5-11-10(8)13-9/h3-7H,1-2H3. The van der Waals surface area contributed by atoms with E-state index in [1.165, 1.54) is 0 Å². The predicted molar refractivity (Wildman–Crippen MR) is 51.4 cm³/mol. The van der Waals surface area contributed by atoms with E-state index in [0.717, 1.165) is 16.9 Å². The summed E-state index contributed by atoms with van der Waals surface area (Å²) in [6, 6.07) is 3.85. The maximum absolute atomic E-state index is 4.35. The Morgan fingerprint density at radius 1 is 1.23 bits per heavy atom. The molecule has 0 aliphatic heterocycles. The Balaban J connectivity index is 2.62. The van der Waals surface area contributed by atoms with E-state index in [-0.39, 0.29) is 0 Å². The highest BCUT2D eigenvalue weighted by molar-refractivity contribution is 5.72. The third-order valence-corrected chi connectivity index (χ3v) is 1.89. The molecule has 0 unspecified atom stereocenters. The number of hydrogen-bond donors (Lipinski definition) is 0. The van der Waals surface area contributed by atoms with Crippen LogP contribution >= 0.6 is 0 Å². The van der Waals surface area contributed by atoms with Crippen LogP contribution in [0.25, 0.3) is 11.0 Å². The summed E-state index contributed by atoms with van der Waals surface area (Å²) in [6.07, 6.45) is 3.57. The molecule has 0 atom stereocenters. The van der Waals surface area contributed by atoms with Crippen molar-refractivity contribution >= 4 is 11.0 Å². The quantitative estimate of drug-likeness (QED) is 0.663. The molecule has 0 aliphatic rings. The zero-order valence-corrected chi connectivity index (χ0v) is 7.73. The van der Waals surface area contributed by atoms with Crippen molar-refractivity contribution in [3.63, 3.8) is 0 Å². The molecule has 0 bridgehead atoms. The van der Waals surface area contributed by atoms with Crippen molar-refractivity contribution in [3.8, 4) is 0 Å². The van der Waals surface area contributed by atoms with E-state index in [2.05, 4.69) is 28.8 Å². The normalized spacial score (nSPS) is 11.0. The van der Waals surface area contributed by atoms with Crippen LogP contribution in [-0.2, 0) is 0 Å². The van der Waals surface area contributed by atoms with Crippen molar-refractivity contribution < 1.29 is 0 Å². The van der Waals surface area contributed by atoms with E-state index in [4.69, 9.17) is 0 Å². The molecule has 3 nitrogen and oxygen atoms in total. The lowest BCUT2D eigenvalue weighted by Gasteiger charge is -2.02. The third kappa shape index (κ3) is 1.49. The largest absolute Gasteiger partial charge is 0.240 e. The molecule has 0 aliphatic carbocycles. The molecule has 2 rings (SSSR count). The molecule has 0 N–H and O–H groups in total. The molecule has 0 saturated carbocycles. The summed E-state index contributed by atoms with van der Waals surface area (Å²) in [5.74, 6) is 1.21.